The van der Waals surface area contributed by atoms with E-state index < -0.39 is 0 Å². The maximum Gasteiger partial charge on any atom is 0.118 e. The lowest BCUT2D eigenvalue weighted by Gasteiger charge is -2.18. The number of rotatable bonds is 7. The highest BCUT2D eigenvalue weighted by Gasteiger charge is 2.11. The van der Waals surface area contributed by atoms with Crippen molar-refractivity contribution in [3.8, 4) is 5.75 Å². The van der Waals surface area contributed by atoms with E-state index in [4.69, 9.17) is 4.74 Å². The van der Waals surface area contributed by atoms with Crippen LogP contribution in [0.3, 0.4) is 0 Å². The number of methoxy groups -OCH3 is 1. The van der Waals surface area contributed by atoms with Gasteiger partial charge in [-0.25, -0.2) is 0 Å². The van der Waals surface area contributed by atoms with Crippen molar-refractivity contribution >= 4 is 11.8 Å². The molecule has 1 aromatic rings. The molecule has 0 heterocycles. The topological polar surface area (TPSA) is 21.3 Å². The van der Waals surface area contributed by atoms with Gasteiger partial charge in [-0.3, -0.25) is 0 Å². The molecular formula is C14H23NOS. The number of hydrogen-bond acceptors (Lipinski definition) is 3. The zero-order chi connectivity index (χ0) is 12.7. The molecule has 0 bridgehead atoms. The van der Waals surface area contributed by atoms with Gasteiger partial charge in [0.2, 0.25) is 0 Å². The summed E-state index contributed by atoms with van der Waals surface area (Å²) in [5, 5.41) is 4.10. The molecule has 2 nitrogen and oxygen atoms in total. The number of thioether (sulfide) groups is 1. The number of benzene rings is 1. The molecule has 0 aliphatic carbocycles. The minimum absolute atomic E-state index is 0.417. The van der Waals surface area contributed by atoms with Crippen LogP contribution in [0.4, 0.5) is 0 Å². The monoisotopic (exact) mass is 253 g/mol. The van der Waals surface area contributed by atoms with Crippen LogP contribution in [0.5, 0.6) is 5.75 Å². The first-order chi connectivity index (χ1) is 8.21. The average molecular weight is 253 g/mol. The average Bonchev–Trinajstić information content (AvgIpc) is 2.39. The zero-order valence-electron chi connectivity index (χ0n) is 11.2. The van der Waals surface area contributed by atoms with Gasteiger partial charge >= 0.3 is 0 Å². The summed E-state index contributed by atoms with van der Waals surface area (Å²) in [6.45, 7) is 4.52. The Morgan fingerprint density at radius 3 is 2.41 bits per heavy atom. The lowest BCUT2D eigenvalue weighted by Crippen LogP contribution is -2.19. The summed E-state index contributed by atoms with van der Waals surface area (Å²) < 4.78 is 5.17. The SMILES string of the molecule is CCC(C)SCC(NC)c1ccc(OC)cc1. The molecule has 0 saturated carbocycles. The van der Waals surface area contributed by atoms with Crippen molar-refractivity contribution in [1.82, 2.24) is 5.32 Å². The molecule has 0 spiro atoms. The van der Waals surface area contributed by atoms with Crippen LogP contribution in [0.1, 0.15) is 31.9 Å². The number of ether oxygens (including phenoxy) is 1. The molecule has 1 N–H and O–H groups in total. The van der Waals surface area contributed by atoms with Crippen LogP contribution in [0.25, 0.3) is 0 Å². The van der Waals surface area contributed by atoms with Crippen LogP contribution in [-0.4, -0.2) is 25.2 Å². The summed E-state index contributed by atoms with van der Waals surface area (Å²) in [5.74, 6) is 2.02. The van der Waals surface area contributed by atoms with Gasteiger partial charge in [0.15, 0.2) is 0 Å². The molecular weight excluding hydrogens is 230 g/mol. The van der Waals surface area contributed by atoms with Gasteiger partial charge in [0.05, 0.1) is 7.11 Å². The second kappa shape index (κ2) is 7.62. The fourth-order valence-corrected chi connectivity index (χ4v) is 2.68. The van der Waals surface area contributed by atoms with Gasteiger partial charge < -0.3 is 10.1 Å². The summed E-state index contributed by atoms with van der Waals surface area (Å²) in [6.07, 6.45) is 1.23. The summed E-state index contributed by atoms with van der Waals surface area (Å²) in [4.78, 5) is 0. The second-order valence-corrected chi connectivity index (χ2v) is 5.64. The molecule has 96 valence electrons. The van der Waals surface area contributed by atoms with Crippen LogP contribution in [0.2, 0.25) is 0 Å². The Morgan fingerprint density at radius 1 is 1.29 bits per heavy atom. The van der Waals surface area contributed by atoms with Gasteiger partial charge in [0.25, 0.3) is 0 Å². The van der Waals surface area contributed by atoms with E-state index in [2.05, 4.69) is 31.3 Å². The van der Waals surface area contributed by atoms with E-state index in [0.717, 1.165) is 16.8 Å². The van der Waals surface area contributed by atoms with E-state index in [-0.39, 0.29) is 0 Å². The first kappa shape index (κ1) is 14.4. The van der Waals surface area contributed by atoms with Crippen LogP contribution in [0, 0.1) is 0 Å². The van der Waals surface area contributed by atoms with Gasteiger partial charge in [0.1, 0.15) is 5.75 Å². The van der Waals surface area contributed by atoms with E-state index in [1.807, 2.05) is 30.9 Å². The highest BCUT2D eigenvalue weighted by atomic mass is 32.2. The predicted molar refractivity (Wildman–Crippen MR) is 77.0 cm³/mol. The largest absolute Gasteiger partial charge is 0.497 e. The molecule has 0 aliphatic rings. The minimum atomic E-state index is 0.417. The van der Waals surface area contributed by atoms with Crippen molar-refractivity contribution < 1.29 is 4.74 Å². The Labute approximate surface area is 109 Å². The molecule has 3 heteroatoms. The molecule has 0 aromatic heterocycles. The summed E-state index contributed by atoms with van der Waals surface area (Å²) in [7, 11) is 3.72. The number of hydrogen-bond donors (Lipinski definition) is 1. The van der Waals surface area contributed by atoms with E-state index in [0.29, 0.717) is 6.04 Å². The second-order valence-electron chi connectivity index (χ2n) is 4.17. The standard InChI is InChI=1S/C14H23NOS/c1-5-11(2)17-10-14(15-3)12-6-8-13(16-4)9-7-12/h6-9,11,14-15H,5,10H2,1-4H3. The van der Waals surface area contributed by atoms with Gasteiger partial charge in [0, 0.05) is 17.0 Å². The highest BCUT2D eigenvalue weighted by molar-refractivity contribution is 7.99. The first-order valence-electron chi connectivity index (χ1n) is 6.14. The summed E-state index contributed by atoms with van der Waals surface area (Å²) in [6, 6.07) is 8.73. The molecule has 0 aliphatic heterocycles. The maximum atomic E-state index is 5.17. The van der Waals surface area contributed by atoms with Crippen molar-refractivity contribution in [2.24, 2.45) is 0 Å². The summed E-state index contributed by atoms with van der Waals surface area (Å²) in [5.41, 5.74) is 1.32. The molecule has 17 heavy (non-hydrogen) atoms. The highest BCUT2D eigenvalue weighted by Crippen LogP contribution is 2.24. The quantitative estimate of drug-likeness (QED) is 0.804. The minimum Gasteiger partial charge on any atom is -0.497 e. The van der Waals surface area contributed by atoms with Crippen LogP contribution in [-0.2, 0) is 0 Å². The smallest absolute Gasteiger partial charge is 0.118 e. The molecule has 2 atom stereocenters. The lowest BCUT2D eigenvalue weighted by molar-refractivity contribution is 0.414. The fourth-order valence-electron chi connectivity index (χ4n) is 1.56. The molecule has 0 radical (unpaired) electrons. The molecule has 0 amide bonds. The Balaban J connectivity index is 2.59. The number of nitrogens with one attached hydrogen (secondary N) is 1. The van der Waals surface area contributed by atoms with Crippen molar-refractivity contribution in [2.75, 3.05) is 19.9 Å². The molecule has 1 aromatic carbocycles. The Morgan fingerprint density at radius 2 is 1.94 bits per heavy atom. The van der Waals surface area contributed by atoms with Gasteiger partial charge in [-0.2, -0.15) is 11.8 Å². The van der Waals surface area contributed by atoms with Gasteiger partial charge in [-0.05, 0) is 31.2 Å². The van der Waals surface area contributed by atoms with Gasteiger partial charge in [-0.1, -0.05) is 26.0 Å². The molecule has 2 unspecified atom stereocenters. The van der Waals surface area contributed by atoms with Gasteiger partial charge in [-0.15, -0.1) is 0 Å². The predicted octanol–water partition coefficient (Wildman–Crippen LogP) is 3.49. The third-order valence-corrected chi connectivity index (χ3v) is 4.42. The van der Waals surface area contributed by atoms with Crippen LogP contribution >= 0.6 is 11.8 Å². The third-order valence-electron chi connectivity index (χ3n) is 2.99. The Bertz CT molecular complexity index is 313. The normalized spacial score (nSPS) is 14.4. The fraction of sp³-hybridized carbons (Fsp3) is 0.571. The van der Waals surface area contributed by atoms with Crippen molar-refractivity contribution in [3.05, 3.63) is 29.8 Å². The lowest BCUT2D eigenvalue weighted by atomic mass is 10.1. The molecule has 0 fully saturated rings. The van der Waals surface area contributed by atoms with E-state index >= 15 is 0 Å². The van der Waals surface area contributed by atoms with Crippen molar-refractivity contribution in [1.29, 1.82) is 0 Å². The van der Waals surface area contributed by atoms with Crippen molar-refractivity contribution in [2.45, 2.75) is 31.6 Å². The third kappa shape index (κ3) is 4.60. The van der Waals surface area contributed by atoms with Crippen LogP contribution < -0.4 is 10.1 Å². The Kier molecular flexibility index (Phi) is 6.45. The van der Waals surface area contributed by atoms with E-state index in [9.17, 15) is 0 Å². The maximum absolute atomic E-state index is 5.17. The first-order valence-corrected chi connectivity index (χ1v) is 7.19. The van der Waals surface area contributed by atoms with E-state index in [1.54, 1.807) is 7.11 Å². The van der Waals surface area contributed by atoms with Crippen LogP contribution in [0.15, 0.2) is 24.3 Å². The van der Waals surface area contributed by atoms with Crippen molar-refractivity contribution in [3.63, 3.8) is 0 Å². The Hall–Kier alpha value is -0.670. The summed E-state index contributed by atoms with van der Waals surface area (Å²) >= 11 is 2.02. The van der Waals surface area contributed by atoms with E-state index in [1.165, 1.54) is 12.0 Å². The molecule has 0 saturated heterocycles. The zero-order valence-corrected chi connectivity index (χ0v) is 12.0. The molecule has 1 rings (SSSR count).